The number of rotatable bonds is 5. The Hall–Kier alpha value is -1.31. The Balaban J connectivity index is 2.09. The summed E-state index contributed by atoms with van der Waals surface area (Å²) < 4.78 is 29.0. The zero-order valence-corrected chi connectivity index (χ0v) is 15.0. The molecule has 1 saturated heterocycles. The Bertz CT molecular complexity index is 661. The highest BCUT2D eigenvalue weighted by atomic mass is 35.5. The predicted molar refractivity (Wildman–Crippen MR) is 89.1 cm³/mol. The lowest BCUT2D eigenvalue weighted by atomic mass is 10.2. The second-order valence-electron chi connectivity index (χ2n) is 5.80. The van der Waals surface area contributed by atoms with Crippen molar-refractivity contribution in [2.75, 3.05) is 25.6 Å². The minimum atomic E-state index is -3.07. The van der Waals surface area contributed by atoms with Gasteiger partial charge in [0.15, 0.2) is 15.9 Å². The van der Waals surface area contributed by atoms with Crippen LogP contribution >= 0.6 is 11.6 Å². The maximum Gasteiger partial charge on any atom is 0.277 e. The third-order valence-corrected chi connectivity index (χ3v) is 5.69. The Kier molecular flexibility index (Phi) is 5.54. The van der Waals surface area contributed by atoms with Gasteiger partial charge in [-0.2, -0.15) is 0 Å². The van der Waals surface area contributed by atoms with Gasteiger partial charge in [-0.1, -0.05) is 11.6 Å². The third kappa shape index (κ3) is 4.59. The first-order chi connectivity index (χ1) is 10.7. The lowest BCUT2D eigenvalue weighted by Gasteiger charge is -2.35. The topological polar surface area (TPSA) is 66.9 Å². The summed E-state index contributed by atoms with van der Waals surface area (Å²) in [6, 6.07) is 6.39. The van der Waals surface area contributed by atoms with Gasteiger partial charge in [0.05, 0.1) is 17.5 Å². The van der Waals surface area contributed by atoms with Crippen LogP contribution in [0.4, 0.5) is 0 Å². The number of carbonyl (C=O) groups is 1. The van der Waals surface area contributed by atoms with Gasteiger partial charge in [0.25, 0.3) is 5.91 Å². The number of hydrazine groups is 1. The molecule has 1 fully saturated rings. The molecule has 2 rings (SSSR count). The second-order valence-corrected chi connectivity index (χ2v) is 8.47. The van der Waals surface area contributed by atoms with Gasteiger partial charge in [-0.05, 0) is 37.6 Å². The summed E-state index contributed by atoms with van der Waals surface area (Å²) in [5, 5.41) is 3.68. The second kappa shape index (κ2) is 7.07. The molecule has 1 aliphatic rings. The van der Waals surface area contributed by atoms with Gasteiger partial charge in [-0.3, -0.25) is 9.80 Å². The molecule has 0 radical (unpaired) electrons. The number of carbonyl (C=O) groups excluding carboxylic acids is 1. The quantitative estimate of drug-likeness (QED) is 0.746. The molecule has 23 heavy (non-hydrogen) atoms. The molecule has 2 atom stereocenters. The van der Waals surface area contributed by atoms with Gasteiger partial charge in [0.2, 0.25) is 0 Å². The van der Waals surface area contributed by atoms with Gasteiger partial charge >= 0.3 is 0 Å². The number of amides is 1. The van der Waals surface area contributed by atoms with Gasteiger partial charge < -0.3 is 4.74 Å². The first-order valence-corrected chi connectivity index (χ1v) is 9.52. The van der Waals surface area contributed by atoms with Crippen LogP contribution in [0.3, 0.4) is 0 Å². The molecule has 0 N–H and O–H groups in total. The summed E-state index contributed by atoms with van der Waals surface area (Å²) in [7, 11) is 0.367. The van der Waals surface area contributed by atoms with Crippen LogP contribution in [0.15, 0.2) is 24.3 Å². The Morgan fingerprint density at radius 1 is 1.30 bits per heavy atom. The van der Waals surface area contributed by atoms with E-state index in [0.29, 0.717) is 17.2 Å². The molecule has 0 aliphatic carbocycles. The van der Waals surface area contributed by atoms with E-state index in [0.717, 1.165) is 0 Å². The molecule has 1 aliphatic heterocycles. The first-order valence-electron chi connectivity index (χ1n) is 7.32. The molecule has 8 heteroatoms. The lowest BCUT2D eigenvalue weighted by molar-refractivity contribution is -0.156. The van der Waals surface area contributed by atoms with E-state index in [1.807, 2.05) is 0 Å². The summed E-state index contributed by atoms with van der Waals surface area (Å²) in [5.41, 5.74) is 0. The third-order valence-electron chi connectivity index (χ3n) is 3.69. The van der Waals surface area contributed by atoms with E-state index in [4.69, 9.17) is 16.3 Å². The molecule has 1 aromatic carbocycles. The van der Waals surface area contributed by atoms with E-state index in [1.165, 1.54) is 5.01 Å². The van der Waals surface area contributed by atoms with Gasteiger partial charge in [0.1, 0.15) is 5.75 Å². The number of hydrogen-bond acceptors (Lipinski definition) is 5. The predicted octanol–water partition coefficient (Wildman–Crippen LogP) is 1.60. The molecule has 1 aromatic rings. The lowest BCUT2D eigenvalue weighted by Crippen LogP contribution is -2.53. The molecular weight excluding hydrogens is 340 g/mol. The Morgan fingerprint density at radius 2 is 1.91 bits per heavy atom. The molecule has 0 aromatic heterocycles. The largest absolute Gasteiger partial charge is 0.481 e. The van der Waals surface area contributed by atoms with Crippen molar-refractivity contribution in [2.24, 2.45) is 0 Å². The van der Waals surface area contributed by atoms with Crippen molar-refractivity contribution in [1.29, 1.82) is 0 Å². The minimum Gasteiger partial charge on any atom is -0.481 e. The van der Waals surface area contributed by atoms with E-state index < -0.39 is 15.9 Å². The summed E-state index contributed by atoms with van der Waals surface area (Å²) in [6.45, 7) is 1.65. The monoisotopic (exact) mass is 360 g/mol. The molecule has 1 heterocycles. The summed E-state index contributed by atoms with van der Waals surface area (Å²) in [6.07, 6.45) is -0.290. The average molecular weight is 361 g/mol. The van der Waals surface area contributed by atoms with Crippen LogP contribution in [-0.2, 0) is 14.6 Å². The summed E-state index contributed by atoms with van der Waals surface area (Å²) >= 11 is 5.82. The standard InChI is InChI=1S/C15H21ClN2O4S/c1-11(22-14-6-4-12(16)5-7-14)15(19)18(17(2)3)13-8-9-23(20,21)10-13/h4-7,11,13H,8-10H2,1-3H3/t11-,13-/m1/s1. The van der Waals surface area contributed by atoms with Gasteiger partial charge in [0, 0.05) is 19.1 Å². The van der Waals surface area contributed by atoms with Crippen molar-refractivity contribution >= 4 is 27.3 Å². The molecule has 1 amide bonds. The van der Waals surface area contributed by atoms with Crippen molar-refractivity contribution in [3.05, 3.63) is 29.3 Å². The van der Waals surface area contributed by atoms with Crippen LogP contribution in [0, 0.1) is 0 Å². The SMILES string of the molecule is C[C@@H](Oc1ccc(Cl)cc1)C(=O)N([C@@H]1CCS(=O)(=O)C1)N(C)C. The molecule has 0 bridgehead atoms. The Labute approximate surface area is 141 Å². The van der Waals surface area contributed by atoms with Crippen LogP contribution in [0.1, 0.15) is 13.3 Å². The molecule has 6 nitrogen and oxygen atoms in total. The van der Waals surface area contributed by atoms with E-state index in [9.17, 15) is 13.2 Å². The summed E-state index contributed by atoms with van der Waals surface area (Å²) in [5.74, 6) is 0.367. The van der Waals surface area contributed by atoms with E-state index in [-0.39, 0.29) is 23.5 Å². The number of halogens is 1. The molecular formula is C15H21ClN2O4S. The van der Waals surface area contributed by atoms with Crippen LogP contribution in [-0.4, -0.2) is 62.1 Å². The van der Waals surface area contributed by atoms with E-state index in [1.54, 1.807) is 50.3 Å². The van der Waals surface area contributed by atoms with Crippen molar-refractivity contribution in [1.82, 2.24) is 10.0 Å². The van der Waals surface area contributed by atoms with Crippen LogP contribution < -0.4 is 4.74 Å². The van der Waals surface area contributed by atoms with Crippen molar-refractivity contribution in [2.45, 2.75) is 25.5 Å². The zero-order chi connectivity index (χ0) is 17.2. The maximum atomic E-state index is 12.7. The smallest absolute Gasteiger partial charge is 0.277 e. The van der Waals surface area contributed by atoms with Gasteiger partial charge in [-0.25, -0.2) is 13.4 Å². The average Bonchev–Trinajstić information content (AvgIpc) is 2.81. The van der Waals surface area contributed by atoms with Crippen LogP contribution in [0.5, 0.6) is 5.75 Å². The normalized spacial score (nSPS) is 21.2. The number of sulfone groups is 1. The molecule has 0 spiro atoms. The highest BCUT2D eigenvalue weighted by molar-refractivity contribution is 7.91. The fourth-order valence-corrected chi connectivity index (χ4v) is 4.44. The number of ether oxygens (including phenoxy) is 1. The van der Waals surface area contributed by atoms with Crippen molar-refractivity contribution < 1.29 is 17.9 Å². The number of hydrogen-bond donors (Lipinski definition) is 0. The Morgan fingerprint density at radius 3 is 2.39 bits per heavy atom. The van der Waals surface area contributed by atoms with Crippen molar-refractivity contribution in [3.8, 4) is 5.75 Å². The van der Waals surface area contributed by atoms with Crippen LogP contribution in [0.25, 0.3) is 0 Å². The minimum absolute atomic E-state index is 0.00934. The van der Waals surface area contributed by atoms with Crippen LogP contribution in [0.2, 0.25) is 5.02 Å². The zero-order valence-electron chi connectivity index (χ0n) is 13.4. The number of nitrogens with zero attached hydrogens (tertiary/aromatic N) is 2. The molecule has 0 saturated carbocycles. The molecule has 0 unspecified atom stereocenters. The molecule has 128 valence electrons. The fourth-order valence-electron chi connectivity index (χ4n) is 2.63. The van der Waals surface area contributed by atoms with E-state index >= 15 is 0 Å². The highest BCUT2D eigenvalue weighted by Crippen LogP contribution is 2.21. The van der Waals surface area contributed by atoms with E-state index in [2.05, 4.69) is 0 Å². The van der Waals surface area contributed by atoms with Crippen molar-refractivity contribution in [3.63, 3.8) is 0 Å². The number of benzene rings is 1. The first kappa shape index (κ1) is 18.0. The maximum absolute atomic E-state index is 12.7. The summed E-state index contributed by atoms with van der Waals surface area (Å²) in [4.78, 5) is 12.7. The van der Waals surface area contributed by atoms with Gasteiger partial charge in [-0.15, -0.1) is 0 Å². The fraction of sp³-hybridized carbons (Fsp3) is 0.533. The highest BCUT2D eigenvalue weighted by Gasteiger charge is 2.37.